The third-order valence-electron chi connectivity index (χ3n) is 3.98. The van der Waals surface area contributed by atoms with Gasteiger partial charge >= 0.3 is 5.97 Å². The molecule has 0 bridgehead atoms. The molecule has 0 aliphatic carbocycles. The van der Waals surface area contributed by atoms with Crippen LogP contribution in [0.1, 0.15) is 23.7 Å². The normalized spacial score (nSPS) is 10.6. The summed E-state index contributed by atoms with van der Waals surface area (Å²) in [6.07, 6.45) is 0.825. The Kier molecular flexibility index (Phi) is 6.19. The average molecular weight is 427 g/mol. The third kappa shape index (κ3) is 4.71. The van der Waals surface area contributed by atoms with Crippen LogP contribution < -0.4 is 5.32 Å². The molecule has 0 saturated carbocycles. The number of hydrogen-bond acceptors (Lipinski definition) is 4. The second-order valence-electron chi connectivity index (χ2n) is 6.01. The van der Waals surface area contributed by atoms with Crippen molar-refractivity contribution in [1.29, 1.82) is 0 Å². The van der Waals surface area contributed by atoms with E-state index < -0.39 is 5.97 Å². The van der Waals surface area contributed by atoms with Crippen LogP contribution in [0.4, 0.5) is 0 Å². The zero-order valence-electron chi connectivity index (χ0n) is 14.9. The lowest BCUT2D eigenvalue weighted by Crippen LogP contribution is -2.29. The number of para-hydroxylation sites is 1. The van der Waals surface area contributed by atoms with Crippen LogP contribution in [-0.2, 0) is 9.53 Å². The lowest BCUT2D eigenvalue weighted by molar-refractivity contribution is -0.124. The molecular weight excluding hydrogens is 408 g/mol. The van der Waals surface area contributed by atoms with E-state index in [-0.39, 0.29) is 12.5 Å². The number of nitrogens with one attached hydrogen (secondary N) is 1. The molecule has 1 amide bonds. The van der Waals surface area contributed by atoms with Gasteiger partial charge in [-0.15, -0.1) is 0 Å². The van der Waals surface area contributed by atoms with Crippen molar-refractivity contribution in [3.05, 3.63) is 64.6 Å². The SMILES string of the molecule is CCCNC(=O)COC(=O)c1cc(-c2ccc(Br)cc2)nc2ccccc12. The number of fused-ring (bicyclic) bond motifs is 1. The number of benzene rings is 2. The number of rotatable bonds is 6. The molecule has 0 spiro atoms. The summed E-state index contributed by atoms with van der Waals surface area (Å²) in [5.74, 6) is -0.852. The minimum atomic E-state index is -0.543. The summed E-state index contributed by atoms with van der Waals surface area (Å²) in [4.78, 5) is 29.0. The van der Waals surface area contributed by atoms with E-state index in [1.165, 1.54) is 0 Å². The average Bonchev–Trinajstić information content (AvgIpc) is 2.70. The number of ether oxygens (including phenoxy) is 1. The minimum Gasteiger partial charge on any atom is -0.452 e. The number of pyridine rings is 1. The first kappa shape index (κ1) is 19.0. The van der Waals surface area contributed by atoms with Gasteiger partial charge in [0, 0.05) is 22.0 Å². The first-order valence-electron chi connectivity index (χ1n) is 8.68. The van der Waals surface area contributed by atoms with Gasteiger partial charge in [-0.25, -0.2) is 9.78 Å². The summed E-state index contributed by atoms with van der Waals surface area (Å²) >= 11 is 3.41. The number of hydrogen-bond donors (Lipinski definition) is 1. The number of halogens is 1. The number of carbonyl (C=O) groups excluding carboxylic acids is 2. The van der Waals surface area contributed by atoms with Crippen molar-refractivity contribution in [3.63, 3.8) is 0 Å². The lowest BCUT2D eigenvalue weighted by atomic mass is 10.0. The van der Waals surface area contributed by atoms with E-state index in [0.717, 1.165) is 16.5 Å². The lowest BCUT2D eigenvalue weighted by Gasteiger charge is -2.10. The van der Waals surface area contributed by atoms with Crippen LogP contribution >= 0.6 is 15.9 Å². The summed E-state index contributed by atoms with van der Waals surface area (Å²) in [5, 5.41) is 3.38. The van der Waals surface area contributed by atoms with Gasteiger partial charge in [-0.05, 0) is 30.7 Å². The molecule has 6 heteroatoms. The van der Waals surface area contributed by atoms with Crippen molar-refractivity contribution < 1.29 is 14.3 Å². The Morgan fingerprint density at radius 2 is 1.85 bits per heavy atom. The van der Waals surface area contributed by atoms with Gasteiger partial charge < -0.3 is 10.1 Å². The largest absolute Gasteiger partial charge is 0.452 e. The van der Waals surface area contributed by atoms with Crippen molar-refractivity contribution in [2.24, 2.45) is 0 Å². The van der Waals surface area contributed by atoms with Gasteiger partial charge in [-0.2, -0.15) is 0 Å². The Labute approximate surface area is 165 Å². The fraction of sp³-hybridized carbons (Fsp3) is 0.190. The molecule has 3 rings (SSSR count). The number of esters is 1. The second kappa shape index (κ2) is 8.77. The highest BCUT2D eigenvalue weighted by atomic mass is 79.9. The van der Waals surface area contributed by atoms with Gasteiger partial charge in [0.25, 0.3) is 5.91 Å². The third-order valence-corrected chi connectivity index (χ3v) is 4.51. The zero-order chi connectivity index (χ0) is 19.2. The van der Waals surface area contributed by atoms with Crippen LogP contribution in [-0.4, -0.2) is 30.0 Å². The predicted octanol–water partition coefficient (Wildman–Crippen LogP) is 4.35. The van der Waals surface area contributed by atoms with Crippen LogP contribution in [0.5, 0.6) is 0 Å². The molecule has 0 saturated heterocycles. The molecule has 0 unspecified atom stereocenters. The Morgan fingerprint density at radius 3 is 2.59 bits per heavy atom. The molecule has 3 aromatic rings. The second-order valence-corrected chi connectivity index (χ2v) is 6.92. The maximum Gasteiger partial charge on any atom is 0.339 e. The van der Waals surface area contributed by atoms with Crippen LogP contribution in [0.25, 0.3) is 22.2 Å². The summed E-state index contributed by atoms with van der Waals surface area (Å²) in [5.41, 5.74) is 2.64. The maximum absolute atomic E-state index is 12.6. The number of amides is 1. The molecule has 2 aromatic carbocycles. The monoisotopic (exact) mass is 426 g/mol. The van der Waals surface area contributed by atoms with Gasteiger partial charge in [-0.1, -0.05) is 53.2 Å². The van der Waals surface area contributed by atoms with Crippen molar-refractivity contribution in [2.45, 2.75) is 13.3 Å². The van der Waals surface area contributed by atoms with Gasteiger partial charge in [0.2, 0.25) is 0 Å². The molecule has 138 valence electrons. The highest BCUT2D eigenvalue weighted by Gasteiger charge is 2.16. The number of aromatic nitrogens is 1. The smallest absolute Gasteiger partial charge is 0.339 e. The van der Waals surface area contributed by atoms with Gasteiger partial charge in [0.15, 0.2) is 6.61 Å². The molecular formula is C21H19BrN2O3. The minimum absolute atomic E-state index is 0.302. The Bertz CT molecular complexity index is 971. The van der Waals surface area contributed by atoms with Crippen molar-refractivity contribution in [3.8, 4) is 11.3 Å². The first-order chi connectivity index (χ1) is 13.1. The van der Waals surface area contributed by atoms with Gasteiger partial charge in [0.1, 0.15) is 0 Å². The standard InChI is InChI=1S/C21H19BrN2O3/c1-2-11-23-20(25)13-27-21(26)17-12-19(14-7-9-15(22)10-8-14)24-18-6-4-3-5-16(17)18/h3-10,12H,2,11,13H2,1H3,(H,23,25). The summed E-state index contributed by atoms with van der Waals surface area (Å²) in [6, 6.07) is 16.8. The van der Waals surface area contributed by atoms with Crippen molar-refractivity contribution in [1.82, 2.24) is 10.3 Å². The molecule has 0 aliphatic rings. The van der Waals surface area contributed by atoms with Crippen LogP contribution in [0.15, 0.2) is 59.1 Å². The Morgan fingerprint density at radius 1 is 1.11 bits per heavy atom. The van der Waals surface area contributed by atoms with Crippen LogP contribution in [0, 0.1) is 0 Å². The molecule has 0 fully saturated rings. The van der Waals surface area contributed by atoms with E-state index in [9.17, 15) is 9.59 Å². The Hall–Kier alpha value is -2.73. The van der Waals surface area contributed by atoms with Gasteiger partial charge in [0.05, 0.1) is 16.8 Å². The Balaban J connectivity index is 1.92. The zero-order valence-corrected chi connectivity index (χ0v) is 16.5. The molecule has 1 N–H and O–H groups in total. The van der Waals surface area contributed by atoms with Crippen LogP contribution in [0.2, 0.25) is 0 Å². The van der Waals surface area contributed by atoms with Gasteiger partial charge in [-0.3, -0.25) is 4.79 Å². The molecule has 0 radical (unpaired) electrons. The van der Waals surface area contributed by atoms with E-state index in [2.05, 4.69) is 26.2 Å². The quantitative estimate of drug-likeness (QED) is 0.594. The number of carbonyl (C=O) groups is 2. The van der Waals surface area contributed by atoms with E-state index in [1.54, 1.807) is 6.07 Å². The fourth-order valence-electron chi connectivity index (χ4n) is 2.64. The first-order valence-corrected chi connectivity index (χ1v) is 9.47. The highest BCUT2D eigenvalue weighted by Crippen LogP contribution is 2.26. The van der Waals surface area contributed by atoms with E-state index in [0.29, 0.717) is 28.7 Å². The summed E-state index contributed by atoms with van der Waals surface area (Å²) in [7, 11) is 0. The molecule has 1 heterocycles. The van der Waals surface area contributed by atoms with E-state index >= 15 is 0 Å². The van der Waals surface area contributed by atoms with E-state index in [1.807, 2.05) is 55.5 Å². The van der Waals surface area contributed by atoms with Crippen molar-refractivity contribution in [2.75, 3.05) is 13.2 Å². The molecule has 0 atom stereocenters. The molecule has 27 heavy (non-hydrogen) atoms. The number of nitrogens with zero attached hydrogens (tertiary/aromatic N) is 1. The molecule has 0 aliphatic heterocycles. The maximum atomic E-state index is 12.6. The van der Waals surface area contributed by atoms with Crippen molar-refractivity contribution >= 4 is 38.7 Å². The van der Waals surface area contributed by atoms with Crippen LogP contribution in [0.3, 0.4) is 0 Å². The molecule has 1 aromatic heterocycles. The van der Waals surface area contributed by atoms with E-state index in [4.69, 9.17) is 4.74 Å². The summed E-state index contributed by atoms with van der Waals surface area (Å²) in [6.45, 7) is 2.21. The molecule has 5 nitrogen and oxygen atoms in total. The highest BCUT2D eigenvalue weighted by molar-refractivity contribution is 9.10. The topological polar surface area (TPSA) is 68.3 Å². The summed E-state index contributed by atoms with van der Waals surface area (Å²) < 4.78 is 6.18. The predicted molar refractivity (Wildman–Crippen MR) is 108 cm³/mol. The fourth-order valence-corrected chi connectivity index (χ4v) is 2.90.